The van der Waals surface area contributed by atoms with Gasteiger partial charge in [-0.05, 0) is 44.9 Å². The zero-order chi connectivity index (χ0) is 24.3. The zero-order valence-corrected chi connectivity index (χ0v) is 20.1. The van der Waals surface area contributed by atoms with Crippen LogP contribution in [0.15, 0.2) is 52.1 Å². The molecule has 0 saturated heterocycles. The van der Waals surface area contributed by atoms with Gasteiger partial charge in [0.15, 0.2) is 0 Å². The quantitative estimate of drug-likeness (QED) is 0.606. The third-order valence-electron chi connectivity index (χ3n) is 6.31. The number of hydrogen-bond acceptors (Lipinski definition) is 6. The molecule has 0 spiro atoms. The molecule has 2 aliphatic heterocycles. The molecule has 2 aromatic rings. The van der Waals surface area contributed by atoms with Gasteiger partial charge in [0.25, 0.3) is 5.91 Å². The summed E-state index contributed by atoms with van der Waals surface area (Å²) in [5.41, 5.74) is 1.80. The van der Waals surface area contributed by atoms with Crippen molar-refractivity contribution in [3.63, 3.8) is 0 Å². The lowest BCUT2D eigenvalue weighted by atomic mass is 10.0. The number of amides is 1. The Morgan fingerprint density at radius 1 is 1.32 bits per heavy atom. The second-order valence-corrected chi connectivity index (χ2v) is 11.1. The first-order chi connectivity index (χ1) is 16.1. The molecule has 11 heteroatoms. The van der Waals surface area contributed by atoms with Crippen LogP contribution in [0.3, 0.4) is 0 Å². The van der Waals surface area contributed by atoms with E-state index >= 15 is 0 Å². The van der Waals surface area contributed by atoms with E-state index in [0.717, 1.165) is 11.1 Å². The fourth-order valence-electron chi connectivity index (χ4n) is 4.43. The van der Waals surface area contributed by atoms with Crippen molar-refractivity contribution in [2.75, 3.05) is 18.1 Å². The van der Waals surface area contributed by atoms with Crippen LogP contribution in [-0.4, -0.2) is 59.8 Å². The lowest BCUT2D eigenvalue weighted by Crippen LogP contribution is -2.52. The van der Waals surface area contributed by atoms with Crippen LogP contribution in [-0.2, 0) is 23.6 Å². The lowest BCUT2D eigenvalue weighted by molar-refractivity contribution is 0.0833. The van der Waals surface area contributed by atoms with Crippen molar-refractivity contribution in [1.82, 2.24) is 19.4 Å². The molecule has 1 aromatic carbocycles. The Kier molecular flexibility index (Phi) is 5.36. The standard InChI is InChI=1S/C23H27FN6O3S/c1-15(2)8-17-11-25-22-29(13-16-10-26-28(3)12-16)21(31)19-9-18(4-5-20(19)30(17)22)34(32,33)27-23(14-24)6-7-23/h4-5,8-10,12,17,27H,6-7,11,13-14H2,1-3H3/t17-/m1/s1. The molecular weight excluding hydrogens is 459 g/mol. The Bertz CT molecular complexity index is 1320. The van der Waals surface area contributed by atoms with E-state index in [-0.39, 0.29) is 29.0 Å². The fourth-order valence-corrected chi connectivity index (χ4v) is 5.90. The molecule has 0 unspecified atom stereocenters. The second kappa shape index (κ2) is 8.02. The molecule has 5 rings (SSSR count). The Hall–Kier alpha value is -3.05. The minimum absolute atomic E-state index is 0.0565. The van der Waals surface area contributed by atoms with Crippen LogP contribution in [0, 0.1) is 0 Å². The maximum atomic E-state index is 13.6. The normalized spacial score (nSPS) is 20.6. The van der Waals surface area contributed by atoms with Gasteiger partial charge < -0.3 is 4.90 Å². The Balaban J connectivity index is 1.57. The third kappa shape index (κ3) is 3.92. The molecule has 3 heterocycles. The molecule has 1 fully saturated rings. The number of carbonyl (C=O) groups is 1. The number of guanidine groups is 1. The molecule has 9 nitrogen and oxygen atoms in total. The van der Waals surface area contributed by atoms with Crippen molar-refractivity contribution in [1.29, 1.82) is 0 Å². The highest BCUT2D eigenvalue weighted by Crippen LogP contribution is 2.39. The van der Waals surface area contributed by atoms with Crippen molar-refractivity contribution in [3.05, 3.63) is 53.4 Å². The maximum Gasteiger partial charge on any atom is 0.263 e. The number of carbonyl (C=O) groups excluding carboxylic acids is 1. The zero-order valence-electron chi connectivity index (χ0n) is 19.3. The number of anilines is 1. The number of fused-ring (bicyclic) bond motifs is 3. The van der Waals surface area contributed by atoms with E-state index in [1.165, 1.54) is 12.1 Å². The highest BCUT2D eigenvalue weighted by Gasteiger charge is 2.47. The van der Waals surface area contributed by atoms with E-state index in [4.69, 9.17) is 0 Å². The van der Waals surface area contributed by atoms with Crippen LogP contribution in [0.5, 0.6) is 0 Å². The van der Waals surface area contributed by atoms with Gasteiger partial charge in [-0.25, -0.2) is 22.5 Å². The van der Waals surface area contributed by atoms with Crippen molar-refractivity contribution in [2.45, 2.75) is 49.7 Å². The molecule has 0 radical (unpaired) electrons. The van der Waals surface area contributed by atoms with E-state index in [2.05, 4.69) is 20.9 Å². The number of aromatic nitrogens is 2. The Morgan fingerprint density at radius 2 is 2.09 bits per heavy atom. The van der Waals surface area contributed by atoms with E-state index in [1.807, 2.05) is 24.9 Å². The number of benzene rings is 1. The van der Waals surface area contributed by atoms with E-state index in [1.54, 1.807) is 28.9 Å². The molecule has 180 valence electrons. The Morgan fingerprint density at radius 3 is 2.71 bits per heavy atom. The fraction of sp³-hybridized carbons (Fsp3) is 0.435. The molecule has 1 amide bonds. The van der Waals surface area contributed by atoms with Crippen LogP contribution in [0.4, 0.5) is 10.1 Å². The highest BCUT2D eigenvalue weighted by molar-refractivity contribution is 7.89. The van der Waals surface area contributed by atoms with Crippen LogP contribution in [0.25, 0.3) is 0 Å². The minimum Gasteiger partial charge on any atom is -0.303 e. The van der Waals surface area contributed by atoms with E-state index < -0.39 is 22.2 Å². The summed E-state index contributed by atoms with van der Waals surface area (Å²) < 4.78 is 43.5. The summed E-state index contributed by atoms with van der Waals surface area (Å²) in [6.07, 6.45) is 6.52. The first-order valence-electron chi connectivity index (χ1n) is 11.1. The number of allylic oxidation sites excluding steroid dienone is 1. The number of halogens is 1. The molecular formula is C23H27FN6O3S. The summed E-state index contributed by atoms with van der Waals surface area (Å²) in [4.78, 5) is 21.8. The molecule has 1 aliphatic carbocycles. The van der Waals surface area contributed by atoms with Gasteiger partial charge in [-0.1, -0.05) is 11.6 Å². The molecule has 1 N–H and O–H groups in total. The maximum absolute atomic E-state index is 13.6. The van der Waals surface area contributed by atoms with Crippen molar-refractivity contribution >= 4 is 27.6 Å². The van der Waals surface area contributed by atoms with Crippen molar-refractivity contribution in [3.8, 4) is 0 Å². The largest absolute Gasteiger partial charge is 0.303 e. The smallest absolute Gasteiger partial charge is 0.263 e. The molecule has 1 saturated carbocycles. The van der Waals surface area contributed by atoms with Crippen molar-refractivity contribution in [2.24, 2.45) is 12.0 Å². The lowest BCUT2D eigenvalue weighted by Gasteiger charge is -2.38. The average Bonchev–Trinajstić information content (AvgIpc) is 3.23. The van der Waals surface area contributed by atoms with Gasteiger partial charge in [0.05, 0.1) is 47.0 Å². The van der Waals surface area contributed by atoms with E-state index in [9.17, 15) is 17.6 Å². The predicted molar refractivity (Wildman–Crippen MR) is 126 cm³/mol. The monoisotopic (exact) mass is 486 g/mol. The summed E-state index contributed by atoms with van der Waals surface area (Å²) in [7, 11) is -2.19. The number of hydrogen-bond donors (Lipinski definition) is 1. The molecule has 1 atom stereocenters. The third-order valence-corrected chi connectivity index (χ3v) is 7.88. The number of rotatable bonds is 7. The first-order valence-corrected chi connectivity index (χ1v) is 12.6. The predicted octanol–water partition coefficient (Wildman–Crippen LogP) is 2.37. The number of nitrogens with zero attached hydrogens (tertiary/aromatic N) is 5. The van der Waals surface area contributed by atoms with Crippen LogP contribution < -0.4 is 9.62 Å². The topological polar surface area (TPSA) is 99.9 Å². The molecule has 1 aromatic heterocycles. The van der Waals surface area contributed by atoms with Gasteiger partial charge >= 0.3 is 0 Å². The van der Waals surface area contributed by atoms with Gasteiger partial charge in [-0.3, -0.25) is 14.4 Å². The van der Waals surface area contributed by atoms with Gasteiger partial charge in [0.1, 0.15) is 6.67 Å². The van der Waals surface area contributed by atoms with E-state index in [0.29, 0.717) is 31.0 Å². The summed E-state index contributed by atoms with van der Waals surface area (Å²) in [6.45, 7) is 3.98. The molecule has 3 aliphatic rings. The number of alkyl halides is 1. The van der Waals surface area contributed by atoms with Crippen molar-refractivity contribution < 1.29 is 17.6 Å². The highest BCUT2D eigenvalue weighted by atomic mass is 32.2. The summed E-state index contributed by atoms with van der Waals surface area (Å²) >= 11 is 0. The second-order valence-electron chi connectivity index (χ2n) is 9.43. The van der Waals surface area contributed by atoms with Gasteiger partial charge in [0.2, 0.25) is 16.0 Å². The SMILES string of the molecule is CC(C)=C[C@@H]1CN=C2N(Cc3cnn(C)c3)C(=O)c3cc(S(=O)(=O)NC4(CF)CC4)ccc3N21. The van der Waals surface area contributed by atoms with Crippen LogP contribution >= 0.6 is 0 Å². The van der Waals surface area contributed by atoms with Crippen LogP contribution in [0.2, 0.25) is 0 Å². The summed E-state index contributed by atoms with van der Waals surface area (Å²) in [6, 6.07) is 4.41. The molecule has 34 heavy (non-hydrogen) atoms. The number of aliphatic imine (C=N–C) groups is 1. The number of nitrogens with one attached hydrogen (secondary N) is 1. The van der Waals surface area contributed by atoms with Gasteiger partial charge in [-0.2, -0.15) is 5.10 Å². The van der Waals surface area contributed by atoms with Gasteiger partial charge in [-0.15, -0.1) is 0 Å². The minimum atomic E-state index is -3.99. The van der Waals surface area contributed by atoms with Gasteiger partial charge in [0, 0.05) is 18.8 Å². The average molecular weight is 487 g/mol. The first kappa shape index (κ1) is 22.7. The number of aryl methyl sites for hydroxylation is 1. The number of sulfonamides is 1. The molecule has 0 bridgehead atoms. The van der Waals surface area contributed by atoms with Crippen LogP contribution in [0.1, 0.15) is 42.6 Å². The Labute approximate surface area is 198 Å². The summed E-state index contributed by atoms with van der Waals surface area (Å²) in [5.74, 6) is 0.197. The summed E-state index contributed by atoms with van der Waals surface area (Å²) in [5, 5.41) is 4.18.